The number of hydrogen-bond acceptors (Lipinski definition) is 4. The van der Waals surface area contributed by atoms with E-state index in [0.717, 1.165) is 28.1 Å². The molecular formula is C24H32BrN3O4S. The summed E-state index contributed by atoms with van der Waals surface area (Å²) in [6.45, 7) is 7.25. The standard InChI is InChI=1S/C24H32BrN3O4S/c1-6-18(3)26-24(30)19(4)27(15-20-10-7-9-17(2)13-20)23(29)16-28(33(5,31)32)22-12-8-11-21(25)14-22/h7-14,18-19H,6,15-16H2,1-5H3,(H,26,30). The van der Waals surface area contributed by atoms with Crippen LogP contribution < -0.4 is 9.62 Å². The fraction of sp³-hybridized carbons (Fsp3) is 0.417. The van der Waals surface area contributed by atoms with E-state index in [0.29, 0.717) is 10.2 Å². The number of nitrogens with one attached hydrogen (secondary N) is 1. The first-order valence-corrected chi connectivity index (χ1v) is 13.4. The van der Waals surface area contributed by atoms with E-state index in [1.807, 2.05) is 45.0 Å². The average molecular weight is 539 g/mol. The first-order chi connectivity index (χ1) is 15.4. The zero-order chi connectivity index (χ0) is 24.8. The maximum Gasteiger partial charge on any atom is 0.244 e. The molecule has 0 aliphatic heterocycles. The highest BCUT2D eigenvalue weighted by molar-refractivity contribution is 9.10. The Morgan fingerprint density at radius 2 is 1.76 bits per heavy atom. The molecule has 0 bridgehead atoms. The van der Waals surface area contributed by atoms with Crippen molar-refractivity contribution < 1.29 is 18.0 Å². The van der Waals surface area contributed by atoms with Crippen molar-refractivity contribution in [3.63, 3.8) is 0 Å². The van der Waals surface area contributed by atoms with Crippen LogP contribution in [0.4, 0.5) is 5.69 Å². The van der Waals surface area contributed by atoms with Crippen LogP contribution in [0.2, 0.25) is 0 Å². The van der Waals surface area contributed by atoms with Gasteiger partial charge in [-0.05, 0) is 51.0 Å². The Morgan fingerprint density at radius 3 is 2.33 bits per heavy atom. The van der Waals surface area contributed by atoms with Crippen LogP contribution in [0.5, 0.6) is 0 Å². The van der Waals surface area contributed by atoms with Gasteiger partial charge >= 0.3 is 0 Å². The molecule has 0 saturated carbocycles. The number of sulfonamides is 1. The molecule has 0 aromatic heterocycles. The molecule has 7 nitrogen and oxygen atoms in total. The largest absolute Gasteiger partial charge is 0.352 e. The number of hydrogen-bond donors (Lipinski definition) is 1. The Morgan fingerprint density at radius 1 is 1.09 bits per heavy atom. The van der Waals surface area contributed by atoms with Gasteiger partial charge in [-0.3, -0.25) is 13.9 Å². The van der Waals surface area contributed by atoms with Crippen molar-refractivity contribution in [1.82, 2.24) is 10.2 Å². The molecule has 0 aliphatic carbocycles. The van der Waals surface area contributed by atoms with Gasteiger partial charge in [-0.1, -0.05) is 58.7 Å². The molecule has 0 spiro atoms. The third kappa shape index (κ3) is 7.85. The van der Waals surface area contributed by atoms with Crippen molar-refractivity contribution >= 4 is 43.5 Å². The maximum atomic E-state index is 13.5. The Balaban J connectivity index is 2.38. The molecule has 9 heteroatoms. The summed E-state index contributed by atoms with van der Waals surface area (Å²) in [6, 6.07) is 13.6. The number of anilines is 1. The molecule has 0 heterocycles. The number of halogens is 1. The number of benzene rings is 2. The lowest BCUT2D eigenvalue weighted by atomic mass is 10.1. The van der Waals surface area contributed by atoms with Crippen LogP contribution in [0.15, 0.2) is 53.0 Å². The van der Waals surface area contributed by atoms with Crippen molar-refractivity contribution in [2.45, 2.75) is 52.7 Å². The van der Waals surface area contributed by atoms with Crippen LogP contribution in [-0.4, -0.2) is 50.0 Å². The van der Waals surface area contributed by atoms with Gasteiger partial charge in [0.25, 0.3) is 0 Å². The summed E-state index contributed by atoms with van der Waals surface area (Å²) in [5, 5.41) is 2.91. The van der Waals surface area contributed by atoms with E-state index in [1.165, 1.54) is 4.90 Å². The van der Waals surface area contributed by atoms with Gasteiger partial charge in [-0.15, -0.1) is 0 Å². The number of amides is 2. The van der Waals surface area contributed by atoms with Crippen molar-refractivity contribution in [3.8, 4) is 0 Å². The summed E-state index contributed by atoms with van der Waals surface area (Å²) in [5.74, 6) is -0.743. The van der Waals surface area contributed by atoms with Gasteiger partial charge in [0, 0.05) is 17.1 Å². The summed E-state index contributed by atoms with van der Waals surface area (Å²) < 4.78 is 26.9. The molecule has 180 valence electrons. The molecular weight excluding hydrogens is 506 g/mol. The molecule has 0 radical (unpaired) electrons. The highest BCUT2D eigenvalue weighted by Gasteiger charge is 2.30. The topological polar surface area (TPSA) is 86.8 Å². The highest BCUT2D eigenvalue weighted by atomic mass is 79.9. The summed E-state index contributed by atoms with van der Waals surface area (Å²) in [6.07, 6.45) is 1.82. The molecule has 2 aromatic rings. The predicted molar refractivity (Wildman–Crippen MR) is 135 cm³/mol. The van der Waals surface area contributed by atoms with E-state index in [2.05, 4.69) is 21.2 Å². The second kappa shape index (κ2) is 11.7. The minimum Gasteiger partial charge on any atom is -0.352 e. The van der Waals surface area contributed by atoms with E-state index in [-0.39, 0.29) is 18.5 Å². The molecule has 1 N–H and O–H groups in total. The second-order valence-corrected chi connectivity index (χ2v) is 11.1. The van der Waals surface area contributed by atoms with E-state index in [4.69, 9.17) is 0 Å². The zero-order valence-electron chi connectivity index (χ0n) is 19.7. The molecule has 0 aliphatic rings. The summed E-state index contributed by atoms with van der Waals surface area (Å²) in [7, 11) is -3.75. The van der Waals surface area contributed by atoms with Gasteiger partial charge in [-0.2, -0.15) is 0 Å². The molecule has 2 unspecified atom stereocenters. The molecule has 33 heavy (non-hydrogen) atoms. The highest BCUT2D eigenvalue weighted by Crippen LogP contribution is 2.23. The molecule has 2 amide bonds. The third-order valence-corrected chi connectivity index (χ3v) is 7.01. The quantitative estimate of drug-likeness (QED) is 0.498. The van der Waals surface area contributed by atoms with E-state index in [9.17, 15) is 18.0 Å². The third-order valence-electron chi connectivity index (χ3n) is 5.38. The summed E-state index contributed by atoms with van der Waals surface area (Å²) >= 11 is 3.35. The van der Waals surface area contributed by atoms with E-state index >= 15 is 0 Å². The SMILES string of the molecule is CCC(C)NC(=O)C(C)N(Cc1cccc(C)c1)C(=O)CN(c1cccc(Br)c1)S(C)(=O)=O. The zero-order valence-corrected chi connectivity index (χ0v) is 22.1. The first-order valence-electron chi connectivity index (χ1n) is 10.8. The van der Waals surface area contributed by atoms with Crippen molar-refractivity contribution in [1.29, 1.82) is 0 Å². The van der Waals surface area contributed by atoms with Gasteiger partial charge in [0.2, 0.25) is 21.8 Å². The monoisotopic (exact) mass is 537 g/mol. The molecule has 2 atom stereocenters. The van der Waals surface area contributed by atoms with Crippen molar-refractivity contribution in [2.24, 2.45) is 0 Å². The number of carbonyl (C=O) groups excluding carboxylic acids is 2. The predicted octanol–water partition coefficient (Wildman–Crippen LogP) is 3.86. The second-order valence-electron chi connectivity index (χ2n) is 8.25. The molecule has 0 saturated heterocycles. The number of nitrogens with zero attached hydrogens (tertiary/aromatic N) is 2. The Labute approximate surface area is 205 Å². The summed E-state index contributed by atoms with van der Waals surface area (Å²) in [4.78, 5) is 27.8. The smallest absolute Gasteiger partial charge is 0.244 e. The lowest BCUT2D eigenvalue weighted by Gasteiger charge is -2.32. The van der Waals surface area contributed by atoms with Crippen LogP contribution in [-0.2, 0) is 26.2 Å². The minimum atomic E-state index is -3.75. The first kappa shape index (κ1) is 26.9. The number of carbonyl (C=O) groups is 2. The van der Waals surface area contributed by atoms with Crippen LogP contribution in [0.1, 0.15) is 38.3 Å². The van der Waals surface area contributed by atoms with Gasteiger partial charge in [0.1, 0.15) is 12.6 Å². The number of rotatable bonds is 10. The van der Waals surface area contributed by atoms with Crippen LogP contribution in [0.3, 0.4) is 0 Å². The van der Waals surface area contributed by atoms with E-state index < -0.39 is 28.5 Å². The molecule has 0 fully saturated rings. The van der Waals surface area contributed by atoms with Crippen molar-refractivity contribution in [2.75, 3.05) is 17.1 Å². The van der Waals surface area contributed by atoms with Crippen LogP contribution >= 0.6 is 15.9 Å². The van der Waals surface area contributed by atoms with Gasteiger partial charge < -0.3 is 10.2 Å². The fourth-order valence-corrected chi connectivity index (χ4v) is 4.53. The Bertz CT molecular complexity index is 1090. The lowest BCUT2D eigenvalue weighted by molar-refractivity contribution is -0.139. The Hall–Kier alpha value is -2.39. The lowest BCUT2D eigenvalue weighted by Crippen LogP contribution is -2.52. The van der Waals surface area contributed by atoms with Gasteiger partial charge in [-0.25, -0.2) is 8.42 Å². The maximum absolute atomic E-state index is 13.5. The van der Waals surface area contributed by atoms with Crippen molar-refractivity contribution in [3.05, 3.63) is 64.1 Å². The molecule has 2 aromatic carbocycles. The normalized spacial score (nSPS) is 13.2. The summed E-state index contributed by atoms with van der Waals surface area (Å²) in [5.41, 5.74) is 2.26. The van der Waals surface area contributed by atoms with Crippen LogP contribution in [0, 0.1) is 6.92 Å². The van der Waals surface area contributed by atoms with E-state index in [1.54, 1.807) is 31.2 Å². The average Bonchev–Trinajstić information content (AvgIpc) is 2.74. The van der Waals surface area contributed by atoms with Gasteiger partial charge in [0.15, 0.2) is 0 Å². The Kier molecular flexibility index (Phi) is 9.48. The minimum absolute atomic E-state index is 0.0370. The molecule has 2 rings (SSSR count). The van der Waals surface area contributed by atoms with Gasteiger partial charge in [0.05, 0.1) is 11.9 Å². The van der Waals surface area contributed by atoms with Crippen LogP contribution in [0.25, 0.3) is 0 Å². The number of aryl methyl sites for hydroxylation is 1. The fourth-order valence-electron chi connectivity index (χ4n) is 3.30.